The van der Waals surface area contributed by atoms with Gasteiger partial charge in [-0.1, -0.05) is 26.8 Å². The standard InChI is InChI=1S/C12H14F7/c1-7-4-8(6-9(2,3)5-7)10(13,11(14,15)16)12(17,18)19/h5-7H,4H2,1-3H3. The van der Waals surface area contributed by atoms with Gasteiger partial charge in [-0.15, -0.1) is 0 Å². The Morgan fingerprint density at radius 1 is 1.00 bits per heavy atom. The topological polar surface area (TPSA) is 0 Å². The predicted octanol–water partition coefficient (Wildman–Crippen LogP) is 5.02. The molecule has 0 saturated heterocycles. The summed E-state index contributed by atoms with van der Waals surface area (Å²) in [6.45, 7) is 4.34. The first-order valence-electron chi connectivity index (χ1n) is 5.61. The van der Waals surface area contributed by atoms with Gasteiger partial charge in [-0.25, -0.2) is 4.39 Å². The zero-order chi connectivity index (χ0) is 15.3. The predicted molar refractivity (Wildman–Crippen MR) is 55.9 cm³/mol. The molecule has 0 aromatic carbocycles. The Morgan fingerprint density at radius 3 is 1.74 bits per heavy atom. The van der Waals surface area contributed by atoms with E-state index in [-0.39, 0.29) is 0 Å². The number of allylic oxidation sites excluding steroid dienone is 2. The second-order valence-corrected chi connectivity index (χ2v) is 5.49. The third-order valence-electron chi connectivity index (χ3n) is 3.03. The lowest BCUT2D eigenvalue weighted by atomic mass is 9.71. The van der Waals surface area contributed by atoms with Crippen molar-refractivity contribution in [3.8, 4) is 0 Å². The molecule has 0 spiro atoms. The normalized spacial score (nSPS) is 25.2. The van der Waals surface area contributed by atoms with Crippen LogP contribution < -0.4 is 0 Å². The van der Waals surface area contributed by atoms with Crippen molar-refractivity contribution in [2.45, 2.75) is 45.2 Å². The van der Waals surface area contributed by atoms with E-state index in [1.54, 1.807) is 6.42 Å². The highest BCUT2D eigenvalue weighted by molar-refractivity contribution is 5.30. The zero-order valence-corrected chi connectivity index (χ0v) is 10.6. The van der Waals surface area contributed by atoms with Gasteiger partial charge < -0.3 is 0 Å². The Labute approximate surface area is 106 Å². The number of rotatable bonds is 1. The van der Waals surface area contributed by atoms with Crippen LogP contribution in [0.2, 0.25) is 0 Å². The van der Waals surface area contributed by atoms with Gasteiger partial charge in [-0.3, -0.25) is 0 Å². The van der Waals surface area contributed by atoms with E-state index in [9.17, 15) is 30.7 Å². The molecule has 1 atom stereocenters. The van der Waals surface area contributed by atoms with E-state index in [2.05, 4.69) is 0 Å². The largest absolute Gasteiger partial charge is 0.435 e. The molecule has 7 heteroatoms. The second kappa shape index (κ2) is 4.38. The van der Waals surface area contributed by atoms with Crippen molar-refractivity contribution in [3.05, 3.63) is 18.1 Å². The molecule has 111 valence electrons. The van der Waals surface area contributed by atoms with Gasteiger partial charge in [0.1, 0.15) is 0 Å². The molecule has 0 heterocycles. The van der Waals surface area contributed by atoms with Gasteiger partial charge in [0, 0.05) is 0 Å². The maximum Gasteiger partial charge on any atom is 0.435 e. The summed E-state index contributed by atoms with van der Waals surface area (Å²) in [5, 5.41) is 0. The van der Waals surface area contributed by atoms with Crippen LogP contribution in [0.4, 0.5) is 30.7 Å². The van der Waals surface area contributed by atoms with Crippen molar-refractivity contribution >= 4 is 0 Å². The van der Waals surface area contributed by atoms with Gasteiger partial charge in [-0.05, 0) is 29.7 Å². The maximum atomic E-state index is 13.9. The SMILES string of the molecule is CC1[CH]C(C)(C)C=C(C(F)(C(F)(F)F)C(F)(F)F)C1. The first-order chi connectivity index (χ1) is 8.21. The molecule has 1 unspecified atom stereocenters. The summed E-state index contributed by atoms with van der Waals surface area (Å²) in [5.74, 6) is -0.560. The van der Waals surface area contributed by atoms with Crippen molar-refractivity contribution in [3.63, 3.8) is 0 Å². The molecule has 19 heavy (non-hydrogen) atoms. The molecule has 1 radical (unpaired) electrons. The molecular formula is C12H14F7. The Balaban J connectivity index is 3.40. The zero-order valence-electron chi connectivity index (χ0n) is 10.6. The summed E-state index contributed by atoms with van der Waals surface area (Å²) in [5.41, 5.74) is -7.55. The molecule has 0 aromatic heterocycles. The van der Waals surface area contributed by atoms with Crippen molar-refractivity contribution in [1.82, 2.24) is 0 Å². The first kappa shape index (κ1) is 16.3. The average Bonchev–Trinajstić information content (AvgIpc) is 2.09. The van der Waals surface area contributed by atoms with Crippen LogP contribution in [0.1, 0.15) is 27.2 Å². The summed E-state index contributed by atoms with van der Waals surface area (Å²) in [6.07, 6.45) is -10.3. The van der Waals surface area contributed by atoms with Crippen LogP contribution in [-0.2, 0) is 0 Å². The minimum absolute atomic E-state index is 0.560. The highest BCUT2D eigenvalue weighted by Gasteiger charge is 2.74. The molecule has 1 rings (SSSR count). The van der Waals surface area contributed by atoms with Gasteiger partial charge in [0.05, 0.1) is 0 Å². The van der Waals surface area contributed by atoms with Crippen molar-refractivity contribution < 1.29 is 30.7 Å². The van der Waals surface area contributed by atoms with E-state index in [1.807, 2.05) is 0 Å². The molecule has 1 aliphatic carbocycles. The second-order valence-electron chi connectivity index (χ2n) is 5.49. The molecule has 0 bridgehead atoms. The lowest BCUT2D eigenvalue weighted by Gasteiger charge is -2.39. The molecule has 0 saturated carbocycles. The van der Waals surface area contributed by atoms with Crippen LogP contribution >= 0.6 is 0 Å². The van der Waals surface area contributed by atoms with E-state index < -0.39 is 41.3 Å². The van der Waals surface area contributed by atoms with Crippen LogP contribution in [0, 0.1) is 17.8 Å². The average molecular weight is 291 g/mol. The fraction of sp³-hybridized carbons (Fsp3) is 0.750. The van der Waals surface area contributed by atoms with E-state index in [0.29, 0.717) is 0 Å². The summed E-state index contributed by atoms with van der Waals surface area (Å²) in [7, 11) is 0. The number of halogens is 7. The highest BCUT2D eigenvalue weighted by Crippen LogP contribution is 2.54. The number of hydrogen-bond donors (Lipinski definition) is 0. The monoisotopic (exact) mass is 291 g/mol. The lowest BCUT2D eigenvalue weighted by molar-refractivity contribution is -0.327. The Morgan fingerprint density at radius 2 is 1.42 bits per heavy atom. The summed E-state index contributed by atoms with van der Waals surface area (Å²) in [4.78, 5) is 0. The van der Waals surface area contributed by atoms with Gasteiger partial charge in [0.25, 0.3) is 0 Å². The van der Waals surface area contributed by atoms with Crippen molar-refractivity contribution in [1.29, 1.82) is 0 Å². The van der Waals surface area contributed by atoms with Crippen LogP contribution in [0.5, 0.6) is 0 Å². The smallest absolute Gasteiger partial charge is 0.219 e. The number of hydrogen-bond acceptors (Lipinski definition) is 0. The van der Waals surface area contributed by atoms with Crippen LogP contribution in [0.15, 0.2) is 11.6 Å². The Hall–Kier alpha value is -0.750. The van der Waals surface area contributed by atoms with Crippen molar-refractivity contribution in [2.24, 2.45) is 11.3 Å². The van der Waals surface area contributed by atoms with E-state index >= 15 is 0 Å². The molecule has 0 fully saturated rings. The lowest BCUT2D eigenvalue weighted by Crippen LogP contribution is -2.55. The van der Waals surface area contributed by atoms with E-state index in [0.717, 1.165) is 6.08 Å². The quantitative estimate of drug-likeness (QED) is 0.470. The minimum atomic E-state index is -6.02. The summed E-state index contributed by atoms with van der Waals surface area (Å²) in [6, 6.07) is 0. The molecule has 0 amide bonds. The highest BCUT2D eigenvalue weighted by atomic mass is 19.4. The molecule has 0 nitrogen and oxygen atoms in total. The van der Waals surface area contributed by atoms with Gasteiger partial charge in [-0.2, -0.15) is 26.3 Å². The van der Waals surface area contributed by atoms with Crippen LogP contribution in [-0.4, -0.2) is 18.0 Å². The van der Waals surface area contributed by atoms with Crippen LogP contribution in [0.3, 0.4) is 0 Å². The van der Waals surface area contributed by atoms with Gasteiger partial charge in [0.15, 0.2) is 0 Å². The minimum Gasteiger partial charge on any atom is -0.219 e. The summed E-state index contributed by atoms with van der Waals surface area (Å²) < 4.78 is 89.6. The summed E-state index contributed by atoms with van der Waals surface area (Å²) >= 11 is 0. The van der Waals surface area contributed by atoms with Crippen LogP contribution in [0.25, 0.3) is 0 Å². The van der Waals surface area contributed by atoms with E-state index in [1.165, 1.54) is 20.8 Å². The molecule has 0 aliphatic heterocycles. The molecule has 0 N–H and O–H groups in total. The molecule has 0 aromatic rings. The Bertz CT molecular complexity index is 359. The Kier molecular flexibility index (Phi) is 3.76. The number of alkyl halides is 7. The third kappa shape index (κ3) is 2.89. The molecular weight excluding hydrogens is 277 g/mol. The first-order valence-corrected chi connectivity index (χ1v) is 5.61. The van der Waals surface area contributed by atoms with E-state index in [4.69, 9.17) is 0 Å². The molecule has 1 aliphatic rings. The maximum absolute atomic E-state index is 13.9. The van der Waals surface area contributed by atoms with Crippen molar-refractivity contribution in [2.75, 3.05) is 0 Å². The van der Waals surface area contributed by atoms with Gasteiger partial charge in [0.2, 0.25) is 0 Å². The van der Waals surface area contributed by atoms with Gasteiger partial charge >= 0.3 is 18.0 Å². The fourth-order valence-electron chi connectivity index (χ4n) is 2.46. The fourth-order valence-corrected chi connectivity index (χ4v) is 2.46. The third-order valence-corrected chi connectivity index (χ3v) is 3.03.